The van der Waals surface area contributed by atoms with Gasteiger partial charge in [0.15, 0.2) is 5.16 Å². The van der Waals surface area contributed by atoms with Gasteiger partial charge in [-0.25, -0.2) is 4.98 Å². The molecule has 2 aromatic rings. The summed E-state index contributed by atoms with van der Waals surface area (Å²) >= 11 is 1.32. The van der Waals surface area contributed by atoms with Crippen LogP contribution >= 0.6 is 11.8 Å². The Hall–Kier alpha value is -2.35. The largest absolute Gasteiger partial charge is 0.469 e. The van der Waals surface area contributed by atoms with Crippen LogP contribution in [0.4, 0.5) is 0 Å². The molecule has 0 radical (unpaired) electrons. The lowest BCUT2D eigenvalue weighted by Crippen LogP contribution is -2.33. The number of amides is 1. The number of carbonyl (C=O) groups is 2. The summed E-state index contributed by atoms with van der Waals surface area (Å²) in [5.74, 6) is -0.245. The Morgan fingerprint density at radius 1 is 1.28 bits per heavy atom. The van der Waals surface area contributed by atoms with Crippen LogP contribution in [0.3, 0.4) is 0 Å². The van der Waals surface area contributed by atoms with E-state index < -0.39 is 0 Å². The number of para-hydroxylation sites is 1. The zero-order valence-electron chi connectivity index (χ0n) is 16.8. The molecule has 7 nitrogen and oxygen atoms in total. The summed E-state index contributed by atoms with van der Waals surface area (Å²) < 4.78 is 6.31. The topological polar surface area (TPSA) is 90.3 Å². The minimum absolute atomic E-state index is 0.0236. The lowest BCUT2D eigenvalue weighted by Gasteiger charge is -2.16. The van der Waals surface area contributed by atoms with Crippen molar-refractivity contribution in [3.63, 3.8) is 0 Å². The van der Waals surface area contributed by atoms with Gasteiger partial charge in [0.25, 0.3) is 5.56 Å². The van der Waals surface area contributed by atoms with Crippen molar-refractivity contribution in [1.82, 2.24) is 14.9 Å². The molecule has 1 saturated carbocycles. The standard InChI is InChI=1S/C21H27N3O4S/c1-14(19(26)22-15-11-12-15)29-21-23-17-9-6-5-8-16(17)20(27)24(21)13-7-3-4-10-18(25)28-2/h5-6,8-9,14-15H,3-4,7,10-13H2,1-2H3,(H,22,26)/t14-/m0/s1. The third-order valence-electron chi connectivity index (χ3n) is 4.89. The third-order valence-corrected chi connectivity index (χ3v) is 5.98. The van der Waals surface area contributed by atoms with E-state index in [2.05, 4.69) is 15.0 Å². The number of esters is 1. The van der Waals surface area contributed by atoms with Gasteiger partial charge < -0.3 is 10.1 Å². The highest BCUT2D eigenvalue weighted by atomic mass is 32.2. The van der Waals surface area contributed by atoms with Crippen molar-refractivity contribution in [2.24, 2.45) is 0 Å². The molecule has 0 saturated heterocycles. The lowest BCUT2D eigenvalue weighted by molar-refractivity contribution is -0.140. The van der Waals surface area contributed by atoms with Gasteiger partial charge in [0, 0.05) is 19.0 Å². The number of aromatic nitrogens is 2. The zero-order chi connectivity index (χ0) is 20.8. The van der Waals surface area contributed by atoms with Gasteiger partial charge in [-0.15, -0.1) is 0 Å². The Kier molecular flexibility index (Phi) is 7.30. The molecule has 1 amide bonds. The summed E-state index contributed by atoms with van der Waals surface area (Å²) in [5, 5.41) is 3.79. The molecule has 29 heavy (non-hydrogen) atoms. The number of thioether (sulfide) groups is 1. The number of fused-ring (bicyclic) bond motifs is 1. The number of hydrogen-bond acceptors (Lipinski definition) is 6. The van der Waals surface area contributed by atoms with Crippen molar-refractivity contribution in [2.75, 3.05) is 7.11 Å². The van der Waals surface area contributed by atoms with E-state index in [1.165, 1.54) is 18.9 Å². The number of unbranched alkanes of at least 4 members (excludes halogenated alkanes) is 2. The first kappa shape index (κ1) is 21.4. The van der Waals surface area contributed by atoms with Gasteiger partial charge in [0.2, 0.25) is 5.91 Å². The van der Waals surface area contributed by atoms with E-state index in [1.807, 2.05) is 25.1 Å². The number of ether oxygens (including phenoxy) is 1. The summed E-state index contributed by atoms with van der Waals surface area (Å²) in [4.78, 5) is 41.3. The second kappa shape index (κ2) is 9.91. The predicted molar refractivity (Wildman–Crippen MR) is 113 cm³/mol. The van der Waals surface area contributed by atoms with Crippen molar-refractivity contribution in [3.8, 4) is 0 Å². The molecule has 1 aliphatic carbocycles. The molecule has 1 heterocycles. The Morgan fingerprint density at radius 3 is 2.76 bits per heavy atom. The molecular formula is C21H27N3O4S. The molecule has 8 heteroatoms. The molecule has 0 unspecified atom stereocenters. The monoisotopic (exact) mass is 417 g/mol. The average molecular weight is 418 g/mol. The third kappa shape index (κ3) is 5.82. The normalized spacial score (nSPS) is 14.6. The summed E-state index contributed by atoms with van der Waals surface area (Å²) in [5.41, 5.74) is 0.539. The lowest BCUT2D eigenvalue weighted by atomic mass is 10.2. The summed E-state index contributed by atoms with van der Waals surface area (Å²) in [6, 6.07) is 7.56. The van der Waals surface area contributed by atoms with Crippen LogP contribution in [0.25, 0.3) is 10.9 Å². The first-order chi connectivity index (χ1) is 14.0. The molecule has 0 bridgehead atoms. The molecule has 1 fully saturated rings. The van der Waals surface area contributed by atoms with Crippen molar-refractivity contribution in [1.29, 1.82) is 0 Å². The van der Waals surface area contributed by atoms with Gasteiger partial charge in [0.05, 0.1) is 23.3 Å². The van der Waals surface area contributed by atoms with Gasteiger partial charge in [-0.3, -0.25) is 19.0 Å². The van der Waals surface area contributed by atoms with Crippen molar-refractivity contribution < 1.29 is 14.3 Å². The van der Waals surface area contributed by atoms with Gasteiger partial charge in [0.1, 0.15) is 0 Å². The van der Waals surface area contributed by atoms with Crippen LogP contribution < -0.4 is 10.9 Å². The summed E-state index contributed by atoms with van der Waals surface area (Å²) in [6.45, 7) is 2.33. The minimum atomic E-state index is -0.339. The first-order valence-electron chi connectivity index (χ1n) is 10.0. The van der Waals surface area contributed by atoms with E-state index in [1.54, 1.807) is 10.6 Å². The Bertz CT molecular complexity index is 939. The van der Waals surface area contributed by atoms with Crippen LogP contribution in [0.5, 0.6) is 0 Å². The van der Waals surface area contributed by atoms with Crippen molar-refractivity contribution in [2.45, 2.75) is 68.4 Å². The van der Waals surface area contributed by atoms with E-state index in [0.29, 0.717) is 41.5 Å². The highest BCUT2D eigenvalue weighted by Gasteiger charge is 2.27. The molecule has 0 aliphatic heterocycles. The van der Waals surface area contributed by atoms with Crippen LogP contribution in [0.15, 0.2) is 34.2 Å². The maximum Gasteiger partial charge on any atom is 0.305 e. The van der Waals surface area contributed by atoms with Crippen LogP contribution in [-0.2, 0) is 20.9 Å². The highest BCUT2D eigenvalue weighted by Crippen LogP contribution is 2.25. The fourth-order valence-corrected chi connectivity index (χ4v) is 3.95. The van der Waals surface area contributed by atoms with E-state index >= 15 is 0 Å². The van der Waals surface area contributed by atoms with Crippen molar-refractivity contribution in [3.05, 3.63) is 34.6 Å². The van der Waals surface area contributed by atoms with Gasteiger partial charge in [-0.1, -0.05) is 30.3 Å². The summed E-state index contributed by atoms with van der Waals surface area (Å²) in [6.07, 6.45) is 4.71. The maximum absolute atomic E-state index is 13.0. The smallest absolute Gasteiger partial charge is 0.305 e. The second-order valence-electron chi connectivity index (χ2n) is 7.30. The molecule has 1 aliphatic rings. The first-order valence-corrected chi connectivity index (χ1v) is 10.9. The number of hydrogen-bond donors (Lipinski definition) is 1. The Labute approximate surface area is 174 Å². The molecule has 1 N–H and O–H groups in total. The Morgan fingerprint density at radius 2 is 2.03 bits per heavy atom. The van der Waals surface area contributed by atoms with E-state index in [9.17, 15) is 14.4 Å². The molecule has 3 rings (SSSR count). The minimum Gasteiger partial charge on any atom is -0.469 e. The predicted octanol–water partition coefficient (Wildman–Crippen LogP) is 2.89. The fourth-order valence-electron chi connectivity index (χ4n) is 3.01. The summed E-state index contributed by atoms with van der Waals surface area (Å²) in [7, 11) is 1.38. The molecule has 1 atom stereocenters. The van der Waals surface area contributed by atoms with Crippen LogP contribution in [0, 0.1) is 0 Å². The number of carbonyl (C=O) groups excluding carboxylic acids is 2. The van der Waals surface area contributed by atoms with Crippen LogP contribution in [0.1, 0.15) is 45.4 Å². The van der Waals surface area contributed by atoms with Gasteiger partial charge in [-0.2, -0.15) is 0 Å². The second-order valence-corrected chi connectivity index (χ2v) is 8.61. The Balaban J connectivity index is 1.74. The van der Waals surface area contributed by atoms with E-state index in [4.69, 9.17) is 0 Å². The van der Waals surface area contributed by atoms with Crippen molar-refractivity contribution >= 4 is 34.5 Å². The molecule has 1 aromatic carbocycles. The quantitative estimate of drug-likeness (QED) is 0.277. The molecule has 156 valence electrons. The number of benzene rings is 1. The molecule has 0 spiro atoms. The van der Waals surface area contributed by atoms with E-state index in [-0.39, 0.29) is 22.7 Å². The SMILES string of the molecule is COC(=O)CCCCCn1c(S[C@@H](C)C(=O)NC2CC2)nc2ccccc2c1=O. The van der Waals surface area contributed by atoms with Crippen LogP contribution in [-0.4, -0.2) is 39.8 Å². The zero-order valence-corrected chi connectivity index (χ0v) is 17.7. The van der Waals surface area contributed by atoms with Crippen LogP contribution in [0.2, 0.25) is 0 Å². The molecule has 1 aromatic heterocycles. The highest BCUT2D eigenvalue weighted by molar-refractivity contribution is 8.00. The number of nitrogens with one attached hydrogen (secondary N) is 1. The van der Waals surface area contributed by atoms with Gasteiger partial charge >= 0.3 is 5.97 Å². The maximum atomic E-state index is 13.0. The van der Waals surface area contributed by atoms with E-state index in [0.717, 1.165) is 25.7 Å². The number of methoxy groups -OCH3 is 1. The number of nitrogens with zero attached hydrogens (tertiary/aromatic N) is 2. The van der Waals surface area contributed by atoms with Gasteiger partial charge in [-0.05, 0) is 44.7 Å². The number of rotatable bonds is 10. The average Bonchev–Trinajstić information content (AvgIpc) is 3.53. The molecular weight excluding hydrogens is 390 g/mol. The fraction of sp³-hybridized carbons (Fsp3) is 0.524.